The molecule has 158 valence electrons. The predicted octanol–water partition coefficient (Wildman–Crippen LogP) is 2.11. The van der Waals surface area contributed by atoms with Crippen molar-refractivity contribution < 1.29 is 14.3 Å². The Bertz CT molecular complexity index is 1040. The van der Waals surface area contributed by atoms with Gasteiger partial charge in [0, 0.05) is 11.9 Å². The van der Waals surface area contributed by atoms with Crippen LogP contribution in [0.2, 0.25) is 0 Å². The highest BCUT2D eigenvalue weighted by molar-refractivity contribution is 7.99. The van der Waals surface area contributed by atoms with Gasteiger partial charge in [0.2, 0.25) is 5.91 Å². The van der Waals surface area contributed by atoms with Crippen LogP contribution in [0.4, 0.5) is 5.13 Å². The number of benzene rings is 1. The summed E-state index contributed by atoms with van der Waals surface area (Å²) in [5, 5.41) is 11.7. The van der Waals surface area contributed by atoms with Crippen molar-refractivity contribution in [1.82, 2.24) is 19.7 Å². The number of rotatable bonds is 10. The minimum absolute atomic E-state index is 0.0654. The van der Waals surface area contributed by atoms with Crippen molar-refractivity contribution in [2.75, 3.05) is 17.7 Å². The molecule has 2 aromatic heterocycles. The summed E-state index contributed by atoms with van der Waals surface area (Å²) in [6.07, 6.45) is 0.748. The number of amides is 1. The second-order valence-corrected chi connectivity index (χ2v) is 7.96. The monoisotopic (exact) mass is 447 g/mol. The number of carbonyl (C=O) groups excluding carboxylic acids is 2. The Hall–Kier alpha value is -2.92. The number of thioether (sulfide) groups is 1. The SMILES string of the molecule is CCOC(=O)Cc1csc(NC(=O)CSc2n[nH]c(=O)n2CCc2ccccc2)n1. The molecule has 30 heavy (non-hydrogen) atoms. The first-order valence-electron chi connectivity index (χ1n) is 9.27. The molecule has 0 saturated heterocycles. The maximum Gasteiger partial charge on any atom is 0.343 e. The van der Waals surface area contributed by atoms with Crippen LogP contribution < -0.4 is 11.0 Å². The van der Waals surface area contributed by atoms with E-state index in [-0.39, 0.29) is 29.7 Å². The lowest BCUT2D eigenvalue weighted by molar-refractivity contribution is -0.142. The van der Waals surface area contributed by atoms with Crippen molar-refractivity contribution in [2.24, 2.45) is 0 Å². The van der Waals surface area contributed by atoms with E-state index in [4.69, 9.17) is 4.74 Å². The molecule has 0 atom stereocenters. The lowest BCUT2D eigenvalue weighted by Gasteiger charge is -2.06. The highest BCUT2D eigenvalue weighted by Gasteiger charge is 2.14. The molecule has 2 heterocycles. The third-order valence-electron chi connectivity index (χ3n) is 3.95. The Morgan fingerprint density at radius 2 is 2.10 bits per heavy atom. The molecule has 0 unspecified atom stereocenters. The Balaban J connectivity index is 1.51. The highest BCUT2D eigenvalue weighted by Crippen LogP contribution is 2.18. The first kappa shape index (κ1) is 21.8. The van der Waals surface area contributed by atoms with Gasteiger partial charge in [0.05, 0.1) is 24.5 Å². The fraction of sp³-hybridized carbons (Fsp3) is 0.316. The molecule has 0 fully saturated rings. The third kappa shape index (κ3) is 6.29. The van der Waals surface area contributed by atoms with Crippen molar-refractivity contribution in [3.05, 3.63) is 57.5 Å². The van der Waals surface area contributed by atoms with Gasteiger partial charge in [-0.05, 0) is 18.9 Å². The first-order valence-corrected chi connectivity index (χ1v) is 11.1. The second-order valence-electron chi connectivity index (χ2n) is 6.16. The van der Waals surface area contributed by atoms with Crippen LogP contribution in [0.5, 0.6) is 0 Å². The summed E-state index contributed by atoms with van der Waals surface area (Å²) in [6.45, 7) is 2.52. The lowest BCUT2D eigenvalue weighted by atomic mass is 10.1. The van der Waals surface area contributed by atoms with Gasteiger partial charge in [-0.3, -0.25) is 14.2 Å². The van der Waals surface area contributed by atoms with E-state index in [1.165, 1.54) is 27.7 Å². The molecule has 3 aromatic rings. The molecular weight excluding hydrogens is 426 g/mol. The molecule has 0 bridgehead atoms. The summed E-state index contributed by atoms with van der Waals surface area (Å²) < 4.78 is 6.40. The van der Waals surface area contributed by atoms with Gasteiger partial charge >= 0.3 is 11.7 Å². The van der Waals surface area contributed by atoms with Crippen molar-refractivity contribution in [3.63, 3.8) is 0 Å². The van der Waals surface area contributed by atoms with Crippen LogP contribution in [0.1, 0.15) is 18.2 Å². The van der Waals surface area contributed by atoms with E-state index in [1.807, 2.05) is 30.3 Å². The number of hydrogen-bond acceptors (Lipinski definition) is 8. The molecule has 0 saturated carbocycles. The van der Waals surface area contributed by atoms with Gasteiger partial charge in [-0.1, -0.05) is 42.1 Å². The van der Waals surface area contributed by atoms with Crippen LogP contribution in [0.25, 0.3) is 0 Å². The smallest absolute Gasteiger partial charge is 0.343 e. The number of aryl methyl sites for hydroxylation is 1. The summed E-state index contributed by atoms with van der Waals surface area (Å²) in [4.78, 5) is 40.0. The molecule has 0 spiro atoms. The predicted molar refractivity (Wildman–Crippen MR) is 115 cm³/mol. The normalized spacial score (nSPS) is 10.7. The Morgan fingerprint density at radius 3 is 2.87 bits per heavy atom. The zero-order chi connectivity index (χ0) is 21.3. The summed E-state index contributed by atoms with van der Waals surface area (Å²) in [5.74, 6) is -0.562. The molecule has 3 rings (SSSR count). The lowest BCUT2D eigenvalue weighted by Crippen LogP contribution is -2.20. The van der Waals surface area contributed by atoms with Crippen LogP contribution in [0.3, 0.4) is 0 Å². The molecular formula is C19H21N5O4S2. The van der Waals surface area contributed by atoms with Gasteiger partial charge in [-0.2, -0.15) is 0 Å². The van der Waals surface area contributed by atoms with E-state index in [1.54, 1.807) is 12.3 Å². The average Bonchev–Trinajstić information content (AvgIpc) is 3.31. The zero-order valence-corrected chi connectivity index (χ0v) is 17.9. The highest BCUT2D eigenvalue weighted by atomic mass is 32.2. The number of anilines is 1. The number of carbonyl (C=O) groups is 2. The fourth-order valence-electron chi connectivity index (χ4n) is 2.59. The largest absolute Gasteiger partial charge is 0.466 e. The van der Waals surface area contributed by atoms with Crippen molar-refractivity contribution in [1.29, 1.82) is 0 Å². The molecule has 0 aliphatic rings. The maximum atomic E-state index is 12.2. The van der Waals surface area contributed by atoms with Crippen molar-refractivity contribution >= 4 is 40.1 Å². The Morgan fingerprint density at radius 1 is 1.30 bits per heavy atom. The van der Waals surface area contributed by atoms with E-state index in [9.17, 15) is 14.4 Å². The molecule has 0 aliphatic carbocycles. The average molecular weight is 448 g/mol. The molecule has 0 radical (unpaired) electrons. The van der Waals surface area contributed by atoms with Gasteiger partial charge < -0.3 is 10.1 Å². The summed E-state index contributed by atoms with van der Waals surface area (Å²) >= 11 is 2.40. The van der Waals surface area contributed by atoms with E-state index in [0.29, 0.717) is 35.6 Å². The van der Waals surface area contributed by atoms with Gasteiger partial charge in [-0.25, -0.2) is 14.9 Å². The van der Waals surface area contributed by atoms with E-state index < -0.39 is 0 Å². The van der Waals surface area contributed by atoms with Crippen LogP contribution in [-0.4, -0.2) is 44.0 Å². The number of thiazole rings is 1. The number of nitrogens with zero attached hydrogens (tertiary/aromatic N) is 3. The Labute approximate surface area is 180 Å². The molecule has 0 aliphatic heterocycles. The van der Waals surface area contributed by atoms with Crippen LogP contribution in [-0.2, 0) is 33.7 Å². The van der Waals surface area contributed by atoms with Crippen LogP contribution in [0.15, 0.2) is 45.7 Å². The molecule has 9 nitrogen and oxygen atoms in total. The van der Waals surface area contributed by atoms with Gasteiger partial charge in [-0.15, -0.1) is 16.4 Å². The number of aromatic nitrogens is 4. The minimum Gasteiger partial charge on any atom is -0.466 e. The third-order valence-corrected chi connectivity index (χ3v) is 5.73. The number of esters is 1. The molecule has 1 amide bonds. The summed E-state index contributed by atoms with van der Waals surface area (Å²) in [6, 6.07) is 9.83. The number of H-pyrrole nitrogens is 1. The minimum atomic E-state index is -0.358. The topological polar surface area (TPSA) is 119 Å². The molecule has 11 heteroatoms. The van der Waals surface area contributed by atoms with E-state index >= 15 is 0 Å². The van der Waals surface area contributed by atoms with Crippen LogP contribution in [0, 0.1) is 0 Å². The maximum absolute atomic E-state index is 12.2. The van der Waals surface area contributed by atoms with Gasteiger partial charge in [0.15, 0.2) is 10.3 Å². The first-order chi connectivity index (χ1) is 14.5. The van der Waals surface area contributed by atoms with Crippen molar-refractivity contribution in [3.8, 4) is 0 Å². The Kier molecular flexibility index (Phi) is 7.80. The number of aromatic amines is 1. The van der Waals surface area contributed by atoms with E-state index in [0.717, 1.165) is 5.56 Å². The van der Waals surface area contributed by atoms with Gasteiger partial charge in [0.1, 0.15) is 0 Å². The molecule has 2 N–H and O–H groups in total. The summed E-state index contributed by atoms with van der Waals surface area (Å²) in [5.41, 5.74) is 1.35. The number of ether oxygens (including phenoxy) is 1. The standard InChI is InChI=1S/C19H21N5O4S2/c1-2-28-16(26)10-14-11-29-17(20-14)21-15(25)12-30-19-23-22-18(27)24(19)9-8-13-6-4-3-5-7-13/h3-7,11H,2,8-10,12H2,1H3,(H,22,27)(H,20,21,25). The van der Waals surface area contributed by atoms with Crippen molar-refractivity contribution in [2.45, 2.75) is 31.5 Å². The second kappa shape index (κ2) is 10.7. The quantitative estimate of drug-likeness (QED) is 0.361. The number of nitrogens with one attached hydrogen (secondary N) is 2. The van der Waals surface area contributed by atoms with Gasteiger partial charge in [0.25, 0.3) is 0 Å². The number of hydrogen-bond donors (Lipinski definition) is 2. The van der Waals surface area contributed by atoms with Crippen LogP contribution >= 0.6 is 23.1 Å². The fourth-order valence-corrected chi connectivity index (χ4v) is 4.09. The summed E-state index contributed by atoms with van der Waals surface area (Å²) in [7, 11) is 0. The molecule has 1 aromatic carbocycles. The van der Waals surface area contributed by atoms with E-state index in [2.05, 4.69) is 20.5 Å². The zero-order valence-electron chi connectivity index (χ0n) is 16.3.